The molecule has 0 aliphatic heterocycles. The van der Waals surface area contributed by atoms with Crippen LogP contribution in [0.5, 0.6) is 0 Å². The van der Waals surface area contributed by atoms with Crippen molar-refractivity contribution in [3.05, 3.63) is 47.5 Å². The van der Waals surface area contributed by atoms with Gasteiger partial charge >= 0.3 is 0 Å². The monoisotopic (exact) mass is 249 g/mol. The van der Waals surface area contributed by atoms with Gasteiger partial charge in [-0.3, -0.25) is 16.0 Å². The summed E-state index contributed by atoms with van der Waals surface area (Å²) in [5, 5.41) is 7.84. The molecule has 3 N–H and O–H groups in total. The van der Waals surface area contributed by atoms with Crippen LogP contribution in [0.25, 0.3) is 0 Å². The van der Waals surface area contributed by atoms with E-state index < -0.39 is 0 Å². The van der Waals surface area contributed by atoms with E-state index in [-0.39, 0.29) is 11.9 Å². The number of nitrogens with zero attached hydrogens (tertiary/aromatic N) is 3. The Hall–Kier alpha value is -1.79. The van der Waals surface area contributed by atoms with Gasteiger partial charge < -0.3 is 0 Å². The van der Waals surface area contributed by atoms with E-state index in [0.29, 0.717) is 18.4 Å². The second kappa shape index (κ2) is 5.70. The number of nitrogens with two attached hydrogens (primary N) is 1. The minimum absolute atomic E-state index is 0.0707. The van der Waals surface area contributed by atoms with E-state index in [2.05, 4.69) is 15.7 Å². The maximum Gasteiger partial charge on any atom is 0.126 e. The number of halogens is 1. The van der Waals surface area contributed by atoms with Crippen molar-refractivity contribution in [2.24, 2.45) is 12.9 Å². The van der Waals surface area contributed by atoms with Gasteiger partial charge in [0.2, 0.25) is 0 Å². The maximum absolute atomic E-state index is 13.5. The predicted molar refractivity (Wildman–Crippen MR) is 65.9 cm³/mol. The zero-order chi connectivity index (χ0) is 13.0. The van der Waals surface area contributed by atoms with Crippen LogP contribution in [0.1, 0.15) is 11.3 Å². The number of aromatic nitrogens is 3. The first kappa shape index (κ1) is 12.7. The van der Waals surface area contributed by atoms with E-state index in [1.807, 2.05) is 12.3 Å². The smallest absolute Gasteiger partial charge is 0.126 e. The van der Waals surface area contributed by atoms with E-state index >= 15 is 0 Å². The van der Waals surface area contributed by atoms with Gasteiger partial charge in [0.05, 0.1) is 5.69 Å². The molecule has 0 bridgehead atoms. The number of aryl methyl sites for hydroxylation is 1. The minimum Gasteiger partial charge on any atom is -0.271 e. The van der Waals surface area contributed by atoms with Crippen molar-refractivity contribution in [3.8, 4) is 0 Å². The highest BCUT2D eigenvalue weighted by Crippen LogP contribution is 2.11. The van der Waals surface area contributed by atoms with Gasteiger partial charge in [0.25, 0.3) is 0 Å². The standard InChI is InChI=1S/C12H16FN5/c1-18-8-11(16-17-18)7-10(15-14)6-9-4-2-3-5-12(9)13/h2-5,8,10,15H,6-7,14H2,1H3. The number of rotatable bonds is 5. The Balaban J connectivity index is 2.04. The minimum atomic E-state index is -0.211. The Morgan fingerprint density at radius 3 is 2.78 bits per heavy atom. The second-order valence-electron chi connectivity index (χ2n) is 4.25. The molecule has 1 atom stereocenters. The molecule has 6 heteroatoms. The average Bonchev–Trinajstić information content (AvgIpc) is 2.76. The molecule has 2 rings (SSSR count). The Labute approximate surface area is 105 Å². The molecule has 0 fully saturated rings. The summed E-state index contributed by atoms with van der Waals surface area (Å²) in [6.07, 6.45) is 2.95. The van der Waals surface area contributed by atoms with Crippen LogP contribution in [0.15, 0.2) is 30.5 Å². The molecular formula is C12H16FN5. The zero-order valence-corrected chi connectivity index (χ0v) is 10.2. The highest BCUT2D eigenvalue weighted by Gasteiger charge is 2.13. The van der Waals surface area contributed by atoms with Crippen LogP contribution >= 0.6 is 0 Å². The molecule has 1 unspecified atom stereocenters. The molecule has 1 heterocycles. The van der Waals surface area contributed by atoms with Crippen molar-refractivity contribution in [3.63, 3.8) is 0 Å². The van der Waals surface area contributed by atoms with Gasteiger partial charge in [-0.1, -0.05) is 23.4 Å². The molecule has 0 radical (unpaired) electrons. The fourth-order valence-corrected chi connectivity index (χ4v) is 1.86. The largest absolute Gasteiger partial charge is 0.271 e. The zero-order valence-electron chi connectivity index (χ0n) is 10.2. The van der Waals surface area contributed by atoms with Crippen LogP contribution in [-0.2, 0) is 19.9 Å². The predicted octanol–water partition coefficient (Wildman–Crippen LogP) is 0.571. The van der Waals surface area contributed by atoms with E-state index in [4.69, 9.17) is 5.84 Å². The van der Waals surface area contributed by atoms with E-state index in [9.17, 15) is 4.39 Å². The summed E-state index contributed by atoms with van der Waals surface area (Å²) in [5.41, 5.74) is 4.17. The summed E-state index contributed by atoms with van der Waals surface area (Å²) in [7, 11) is 1.80. The quantitative estimate of drug-likeness (QED) is 0.600. The van der Waals surface area contributed by atoms with E-state index in [0.717, 1.165) is 5.69 Å². The van der Waals surface area contributed by atoms with Gasteiger partial charge in [0, 0.05) is 25.7 Å². The summed E-state index contributed by atoms with van der Waals surface area (Å²) >= 11 is 0. The van der Waals surface area contributed by atoms with Crippen LogP contribution in [0.4, 0.5) is 4.39 Å². The number of nitrogens with one attached hydrogen (secondary N) is 1. The third kappa shape index (κ3) is 3.12. The summed E-state index contributed by atoms with van der Waals surface area (Å²) in [4.78, 5) is 0. The lowest BCUT2D eigenvalue weighted by Gasteiger charge is -2.14. The Morgan fingerprint density at radius 2 is 2.17 bits per heavy atom. The van der Waals surface area contributed by atoms with Crippen LogP contribution in [0.3, 0.4) is 0 Å². The molecule has 5 nitrogen and oxygen atoms in total. The molecule has 18 heavy (non-hydrogen) atoms. The Bertz CT molecular complexity index is 511. The van der Waals surface area contributed by atoms with E-state index in [1.54, 1.807) is 23.9 Å². The van der Waals surface area contributed by atoms with Crippen LogP contribution in [0, 0.1) is 5.82 Å². The number of hydrazine groups is 1. The third-order valence-corrected chi connectivity index (χ3v) is 2.77. The molecule has 2 aromatic rings. The summed E-state index contributed by atoms with van der Waals surface area (Å²) in [6, 6.07) is 6.63. The van der Waals surface area contributed by atoms with Crippen molar-refractivity contribution < 1.29 is 4.39 Å². The first-order valence-corrected chi connectivity index (χ1v) is 5.73. The summed E-state index contributed by atoms with van der Waals surface area (Å²) < 4.78 is 15.2. The van der Waals surface area contributed by atoms with Gasteiger partial charge in [0.15, 0.2) is 0 Å². The molecule has 0 saturated heterocycles. The number of hydrogen-bond acceptors (Lipinski definition) is 4. The van der Waals surface area contributed by atoms with Crippen LogP contribution < -0.4 is 11.3 Å². The molecule has 0 saturated carbocycles. The maximum atomic E-state index is 13.5. The molecule has 0 amide bonds. The Morgan fingerprint density at radius 1 is 1.39 bits per heavy atom. The topological polar surface area (TPSA) is 68.8 Å². The molecule has 1 aromatic heterocycles. The number of benzene rings is 1. The number of hydrogen-bond donors (Lipinski definition) is 2. The van der Waals surface area contributed by atoms with Crippen molar-refractivity contribution in [1.82, 2.24) is 20.4 Å². The van der Waals surface area contributed by atoms with Crippen molar-refractivity contribution in [2.75, 3.05) is 0 Å². The summed E-state index contributed by atoms with van der Waals surface area (Å²) in [6.45, 7) is 0. The van der Waals surface area contributed by atoms with Gasteiger partial charge in [-0.25, -0.2) is 4.39 Å². The van der Waals surface area contributed by atoms with Crippen molar-refractivity contribution in [2.45, 2.75) is 18.9 Å². The van der Waals surface area contributed by atoms with Crippen molar-refractivity contribution >= 4 is 0 Å². The van der Waals surface area contributed by atoms with Crippen molar-refractivity contribution in [1.29, 1.82) is 0 Å². The molecule has 0 aliphatic rings. The average molecular weight is 249 g/mol. The highest BCUT2D eigenvalue weighted by molar-refractivity contribution is 5.18. The fraction of sp³-hybridized carbons (Fsp3) is 0.333. The lowest BCUT2D eigenvalue weighted by atomic mass is 10.0. The lowest BCUT2D eigenvalue weighted by Crippen LogP contribution is -2.38. The highest BCUT2D eigenvalue weighted by atomic mass is 19.1. The second-order valence-corrected chi connectivity index (χ2v) is 4.25. The Kier molecular flexibility index (Phi) is 4.01. The van der Waals surface area contributed by atoms with Gasteiger partial charge in [-0.05, 0) is 18.1 Å². The third-order valence-electron chi connectivity index (χ3n) is 2.77. The van der Waals surface area contributed by atoms with Crippen LogP contribution in [-0.4, -0.2) is 21.0 Å². The van der Waals surface area contributed by atoms with Gasteiger partial charge in [-0.15, -0.1) is 5.10 Å². The molecular weight excluding hydrogens is 233 g/mol. The molecule has 0 spiro atoms. The first-order chi connectivity index (χ1) is 8.69. The summed E-state index contributed by atoms with van der Waals surface area (Å²) in [5.74, 6) is 5.29. The molecule has 1 aromatic carbocycles. The van der Waals surface area contributed by atoms with Gasteiger partial charge in [0.1, 0.15) is 5.82 Å². The normalized spacial score (nSPS) is 12.6. The molecule has 96 valence electrons. The lowest BCUT2D eigenvalue weighted by molar-refractivity contribution is 0.502. The SMILES string of the molecule is Cn1cc(CC(Cc2ccccc2F)NN)nn1. The first-order valence-electron chi connectivity index (χ1n) is 5.73. The molecule has 0 aliphatic carbocycles. The van der Waals surface area contributed by atoms with E-state index in [1.165, 1.54) is 6.07 Å². The fourth-order valence-electron chi connectivity index (χ4n) is 1.86. The van der Waals surface area contributed by atoms with Gasteiger partial charge in [-0.2, -0.15) is 0 Å². The van der Waals surface area contributed by atoms with Crippen LogP contribution in [0.2, 0.25) is 0 Å².